The predicted octanol–water partition coefficient (Wildman–Crippen LogP) is 2.09. The molecule has 1 aromatic heterocycles. The Bertz CT molecular complexity index is 693. The molecule has 0 N–H and O–H groups in total. The molecule has 2 aliphatic rings. The van der Waals surface area contributed by atoms with Gasteiger partial charge in [-0.3, -0.25) is 0 Å². The second-order valence-electron chi connectivity index (χ2n) is 5.66. The normalized spacial score (nSPS) is 23.2. The molecule has 0 unspecified atom stereocenters. The molecule has 0 saturated carbocycles. The summed E-state index contributed by atoms with van der Waals surface area (Å²) in [5, 5.41) is 12.8. The summed E-state index contributed by atoms with van der Waals surface area (Å²) in [4.78, 5) is 0. The molecule has 0 radical (unpaired) electrons. The van der Waals surface area contributed by atoms with Gasteiger partial charge in [-0.05, 0) is 42.3 Å². The van der Waals surface area contributed by atoms with Crippen LogP contribution in [0.5, 0.6) is 11.5 Å². The second-order valence-corrected chi connectivity index (χ2v) is 6.65. The zero-order valence-corrected chi connectivity index (χ0v) is 13.7. The van der Waals surface area contributed by atoms with Gasteiger partial charge < -0.3 is 14.2 Å². The minimum Gasteiger partial charge on any atom is -0.486 e. The highest BCUT2D eigenvalue weighted by molar-refractivity contribution is 7.99. The van der Waals surface area contributed by atoms with Crippen molar-refractivity contribution in [1.29, 1.82) is 0 Å². The predicted molar refractivity (Wildman–Crippen MR) is 84.4 cm³/mol. The van der Waals surface area contributed by atoms with Crippen molar-refractivity contribution in [3.63, 3.8) is 0 Å². The minimum absolute atomic E-state index is 0.278. The molecular formula is C15H18N4O3S. The summed E-state index contributed by atoms with van der Waals surface area (Å²) in [5.41, 5.74) is 0.863. The highest BCUT2D eigenvalue weighted by Gasteiger charge is 2.23. The molecule has 1 aromatic carbocycles. The first-order valence-electron chi connectivity index (χ1n) is 7.76. The van der Waals surface area contributed by atoms with Crippen LogP contribution in [0.3, 0.4) is 0 Å². The average molecular weight is 334 g/mol. The monoisotopic (exact) mass is 334 g/mol. The SMILES string of the molecule is C[C@@H]1CC[C@H](CSc2nnnn2-c2ccc3c(c2)OCCO3)O1. The van der Waals surface area contributed by atoms with Gasteiger partial charge in [0, 0.05) is 11.8 Å². The van der Waals surface area contributed by atoms with Crippen LogP contribution in [0.15, 0.2) is 23.4 Å². The summed E-state index contributed by atoms with van der Waals surface area (Å²) in [7, 11) is 0. The minimum atomic E-state index is 0.278. The van der Waals surface area contributed by atoms with Crippen molar-refractivity contribution in [2.24, 2.45) is 0 Å². The van der Waals surface area contributed by atoms with Crippen LogP contribution in [0.1, 0.15) is 19.8 Å². The van der Waals surface area contributed by atoms with Gasteiger partial charge in [-0.2, -0.15) is 4.68 Å². The van der Waals surface area contributed by atoms with Crippen molar-refractivity contribution in [2.45, 2.75) is 37.1 Å². The van der Waals surface area contributed by atoms with Crippen molar-refractivity contribution < 1.29 is 14.2 Å². The van der Waals surface area contributed by atoms with Crippen LogP contribution in [-0.4, -0.2) is 51.4 Å². The number of thioether (sulfide) groups is 1. The fraction of sp³-hybridized carbons (Fsp3) is 0.533. The van der Waals surface area contributed by atoms with Crippen molar-refractivity contribution in [3.05, 3.63) is 18.2 Å². The van der Waals surface area contributed by atoms with Gasteiger partial charge in [-0.25, -0.2) is 0 Å². The number of benzene rings is 1. The third kappa shape index (κ3) is 3.13. The van der Waals surface area contributed by atoms with Crippen molar-refractivity contribution in [3.8, 4) is 17.2 Å². The Labute approximate surface area is 138 Å². The maximum atomic E-state index is 5.84. The molecule has 4 rings (SSSR count). The standard InChI is InChI=1S/C15H18N4O3S/c1-10-2-4-12(22-10)9-23-15-16-17-18-19(15)11-3-5-13-14(8-11)21-7-6-20-13/h3,5,8,10,12H,2,4,6-7,9H2,1H3/t10-,12-/m1/s1. The Morgan fingerprint density at radius 3 is 2.91 bits per heavy atom. The molecule has 0 bridgehead atoms. The quantitative estimate of drug-likeness (QED) is 0.793. The highest BCUT2D eigenvalue weighted by Crippen LogP contribution is 2.33. The Kier molecular flexibility index (Phi) is 4.09. The maximum Gasteiger partial charge on any atom is 0.214 e. The molecule has 23 heavy (non-hydrogen) atoms. The topological polar surface area (TPSA) is 71.3 Å². The lowest BCUT2D eigenvalue weighted by molar-refractivity contribution is 0.0699. The molecule has 7 nitrogen and oxygen atoms in total. The van der Waals surface area contributed by atoms with E-state index in [4.69, 9.17) is 14.2 Å². The van der Waals surface area contributed by atoms with Gasteiger partial charge in [0.1, 0.15) is 13.2 Å². The van der Waals surface area contributed by atoms with Gasteiger partial charge in [-0.15, -0.1) is 5.10 Å². The largest absolute Gasteiger partial charge is 0.486 e. The first kappa shape index (κ1) is 14.8. The first-order valence-corrected chi connectivity index (χ1v) is 8.75. The fourth-order valence-corrected chi connectivity index (χ4v) is 3.71. The molecule has 8 heteroatoms. The number of fused-ring (bicyclic) bond motifs is 1. The van der Waals surface area contributed by atoms with Crippen molar-refractivity contribution in [2.75, 3.05) is 19.0 Å². The van der Waals surface area contributed by atoms with E-state index in [0.717, 1.165) is 40.9 Å². The number of hydrogen-bond donors (Lipinski definition) is 0. The van der Waals surface area contributed by atoms with E-state index >= 15 is 0 Å². The summed E-state index contributed by atoms with van der Waals surface area (Å²) in [6.07, 6.45) is 2.85. The van der Waals surface area contributed by atoms with Crippen LogP contribution in [0, 0.1) is 0 Å². The van der Waals surface area contributed by atoms with Gasteiger partial charge in [0.05, 0.1) is 17.9 Å². The van der Waals surface area contributed by atoms with Crippen LogP contribution in [-0.2, 0) is 4.74 Å². The number of tetrazole rings is 1. The van der Waals surface area contributed by atoms with Gasteiger partial charge in [-0.1, -0.05) is 11.8 Å². The van der Waals surface area contributed by atoms with Crippen LogP contribution < -0.4 is 9.47 Å². The third-order valence-corrected chi connectivity index (χ3v) is 4.98. The Morgan fingerprint density at radius 2 is 2.09 bits per heavy atom. The van der Waals surface area contributed by atoms with Crippen LogP contribution >= 0.6 is 11.8 Å². The van der Waals surface area contributed by atoms with E-state index in [-0.39, 0.29) is 6.10 Å². The first-order chi connectivity index (χ1) is 11.3. The van der Waals surface area contributed by atoms with Crippen molar-refractivity contribution in [1.82, 2.24) is 20.2 Å². The zero-order chi connectivity index (χ0) is 15.6. The smallest absolute Gasteiger partial charge is 0.214 e. The number of nitrogens with zero attached hydrogens (tertiary/aromatic N) is 4. The van der Waals surface area contributed by atoms with Gasteiger partial charge >= 0.3 is 0 Å². The summed E-state index contributed by atoms with van der Waals surface area (Å²) in [5.74, 6) is 2.35. The molecule has 2 atom stereocenters. The van der Waals surface area contributed by atoms with E-state index < -0.39 is 0 Å². The van der Waals surface area contributed by atoms with E-state index in [9.17, 15) is 0 Å². The zero-order valence-electron chi connectivity index (χ0n) is 12.8. The third-order valence-electron chi connectivity index (χ3n) is 3.93. The molecule has 0 spiro atoms. The van der Waals surface area contributed by atoms with Crippen molar-refractivity contribution >= 4 is 11.8 Å². The lowest BCUT2D eigenvalue weighted by Crippen LogP contribution is -2.15. The summed E-state index contributed by atoms with van der Waals surface area (Å²) in [6, 6.07) is 5.73. The Morgan fingerprint density at radius 1 is 1.22 bits per heavy atom. The number of hydrogen-bond acceptors (Lipinski definition) is 7. The van der Waals surface area contributed by atoms with E-state index in [1.54, 1.807) is 16.4 Å². The van der Waals surface area contributed by atoms with E-state index in [1.807, 2.05) is 18.2 Å². The lowest BCUT2D eigenvalue weighted by atomic mass is 10.2. The van der Waals surface area contributed by atoms with E-state index in [0.29, 0.717) is 19.3 Å². The molecular weight excluding hydrogens is 316 g/mol. The van der Waals surface area contributed by atoms with E-state index in [2.05, 4.69) is 22.4 Å². The molecule has 3 heterocycles. The molecule has 1 saturated heterocycles. The molecule has 122 valence electrons. The van der Waals surface area contributed by atoms with Gasteiger partial charge in [0.2, 0.25) is 5.16 Å². The summed E-state index contributed by atoms with van der Waals surface area (Å²) in [6.45, 7) is 3.26. The second kappa shape index (κ2) is 6.37. The average Bonchev–Trinajstić information content (AvgIpc) is 3.21. The van der Waals surface area contributed by atoms with Crippen LogP contribution in [0.4, 0.5) is 0 Å². The number of aromatic nitrogens is 4. The van der Waals surface area contributed by atoms with Crippen LogP contribution in [0.25, 0.3) is 5.69 Å². The van der Waals surface area contributed by atoms with E-state index in [1.165, 1.54) is 0 Å². The lowest BCUT2D eigenvalue weighted by Gasteiger charge is -2.18. The number of ether oxygens (including phenoxy) is 3. The molecule has 0 aliphatic carbocycles. The van der Waals surface area contributed by atoms with Gasteiger partial charge in [0.15, 0.2) is 11.5 Å². The Balaban J connectivity index is 1.50. The summed E-state index contributed by atoms with van der Waals surface area (Å²) >= 11 is 1.62. The van der Waals surface area contributed by atoms with Crippen LogP contribution in [0.2, 0.25) is 0 Å². The van der Waals surface area contributed by atoms with Gasteiger partial charge in [0.25, 0.3) is 0 Å². The molecule has 1 fully saturated rings. The number of rotatable bonds is 4. The highest BCUT2D eigenvalue weighted by atomic mass is 32.2. The maximum absolute atomic E-state index is 5.84. The Hall–Kier alpha value is -1.80. The molecule has 0 amide bonds. The summed E-state index contributed by atoms with van der Waals surface area (Å²) < 4.78 is 18.7. The molecule has 2 aromatic rings. The molecule has 2 aliphatic heterocycles. The fourth-order valence-electron chi connectivity index (χ4n) is 2.77.